The van der Waals surface area contributed by atoms with E-state index in [-0.39, 0.29) is 23.1 Å². The standard InChI is InChI=1S/C40H41FN4O3S/c1-6-40(7-2,38(46)47)31(20-25-12-14-26(15-13-25)32-18-16-27(41)22-42-32)36-37(49-39(3,4)5)30-21-29(17-19-33(30)45-36)48-24-28-23-43-34-10-8-9-11-35(34)44-28/h8-19,21-23,31,45H,6-7,20,24H2,1-5H3,(H,46,47). The quantitative estimate of drug-likeness (QED) is 0.124. The predicted molar refractivity (Wildman–Crippen MR) is 195 cm³/mol. The number of ether oxygens (including phenoxy) is 1. The lowest BCUT2D eigenvalue weighted by Crippen LogP contribution is -2.38. The first-order chi connectivity index (χ1) is 23.5. The van der Waals surface area contributed by atoms with Crippen molar-refractivity contribution in [2.24, 2.45) is 5.41 Å². The van der Waals surface area contributed by atoms with Gasteiger partial charge in [0.05, 0.1) is 40.2 Å². The van der Waals surface area contributed by atoms with Gasteiger partial charge in [-0.2, -0.15) is 0 Å². The van der Waals surface area contributed by atoms with Gasteiger partial charge < -0.3 is 14.8 Å². The zero-order valence-corrected chi connectivity index (χ0v) is 29.3. The minimum absolute atomic E-state index is 0.153. The summed E-state index contributed by atoms with van der Waals surface area (Å²) in [5, 5.41) is 11.8. The highest BCUT2D eigenvalue weighted by Gasteiger charge is 2.45. The number of para-hydroxylation sites is 2. The summed E-state index contributed by atoms with van der Waals surface area (Å²) in [7, 11) is 0. The molecule has 6 rings (SSSR count). The van der Waals surface area contributed by atoms with Gasteiger partial charge in [0.2, 0.25) is 0 Å². The number of hydrogen-bond acceptors (Lipinski definition) is 6. The Morgan fingerprint density at radius 2 is 1.67 bits per heavy atom. The molecule has 0 spiro atoms. The van der Waals surface area contributed by atoms with Crippen molar-refractivity contribution in [2.45, 2.75) is 76.0 Å². The molecule has 6 aromatic rings. The number of H-pyrrole nitrogens is 1. The molecule has 1 atom stereocenters. The van der Waals surface area contributed by atoms with Crippen molar-refractivity contribution in [1.82, 2.24) is 19.9 Å². The molecule has 7 nitrogen and oxygen atoms in total. The molecule has 0 saturated carbocycles. The molecule has 49 heavy (non-hydrogen) atoms. The van der Waals surface area contributed by atoms with Gasteiger partial charge in [-0.15, -0.1) is 11.8 Å². The number of aliphatic carboxylic acids is 1. The Labute approximate surface area is 290 Å². The van der Waals surface area contributed by atoms with Gasteiger partial charge in [-0.1, -0.05) is 71.0 Å². The van der Waals surface area contributed by atoms with Gasteiger partial charge in [0.25, 0.3) is 0 Å². The normalized spacial score (nSPS) is 12.8. The van der Waals surface area contributed by atoms with Crippen LogP contribution in [0.4, 0.5) is 4.39 Å². The highest BCUT2D eigenvalue weighted by molar-refractivity contribution is 8.00. The number of thioether (sulfide) groups is 1. The van der Waals surface area contributed by atoms with E-state index in [9.17, 15) is 14.3 Å². The molecule has 3 aromatic carbocycles. The van der Waals surface area contributed by atoms with Crippen LogP contribution < -0.4 is 4.74 Å². The average Bonchev–Trinajstić information content (AvgIpc) is 3.43. The zero-order chi connectivity index (χ0) is 34.8. The lowest BCUT2D eigenvalue weighted by Gasteiger charge is -2.36. The van der Waals surface area contributed by atoms with E-state index in [2.05, 4.69) is 35.7 Å². The number of fused-ring (bicyclic) bond motifs is 2. The Bertz CT molecular complexity index is 2080. The molecule has 0 fully saturated rings. The maximum atomic E-state index is 13.5. The molecule has 3 heterocycles. The second-order valence-electron chi connectivity index (χ2n) is 13.4. The maximum absolute atomic E-state index is 13.5. The fourth-order valence-corrected chi connectivity index (χ4v) is 7.70. The average molecular weight is 677 g/mol. The van der Waals surface area contributed by atoms with Crippen LogP contribution in [-0.4, -0.2) is 35.8 Å². The lowest BCUT2D eigenvalue weighted by molar-refractivity contribution is -0.151. The molecule has 0 aliphatic rings. The molecule has 0 amide bonds. The van der Waals surface area contributed by atoms with Crippen LogP contribution in [0, 0.1) is 11.2 Å². The number of benzene rings is 3. The number of carboxylic acid groups (broad SMARTS) is 1. The second kappa shape index (κ2) is 14.0. The van der Waals surface area contributed by atoms with Crippen LogP contribution in [0.1, 0.15) is 70.3 Å². The van der Waals surface area contributed by atoms with E-state index in [1.807, 2.05) is 80.6 Å². The number of nitrogens with one attached hydrogen (secondary N) is 1. The first-order valence-electron chi connectivity index (χ1n) is 16.6. The third kappa shape index (κ3) is 7.32. The van der Waals surface area contributed by atoms with E-state index >= 15 is 0 Å². The van der Waals surface area contributed by atoms with Crippen LogP contribution in [0.5, 0.6) is 5.75 Å². The fourth-order valence-electron chi connectivity index (χ4n) is 6.50. The van der Waals surface area contributed by atoms with E-state index in [0.29, 0.717) is 30.7 Å². The highest BCUT2D eigenvalue weighted by Crippen LogP contribution is 2.50. The van der Waals surface area contributed by atoms with Crippen LogP contribution in [0.2, 0.25) is 0 Å². The smallest absolute Gasteiger partial charge is 0.310 e. The van der Waals surface area contributed by atoms with Gasteiger partial charge in [0, 0.05) is 37.7 Å². The Hall–Kier alpha value is -4.76. The molecule has 0 bridgehead atoms. The van der Waals surface area contributed by atoms with Gasteiger partial charge >= 0.3 is 5.97 Å². The number of carbonyl (C=O) groups is 1. The SMILES string of the molecule is CCC(CC)(C(=O)O)C(Cc1ccc(-c2ccc(F)cn2)cc1)c1[nH]c2ccc(OCc3cnc4ccccc4n3)cc2c1SC(C)(C)C. The van der Waals surface area contributed by atoms with Crippen LogP contribution in [-0.2, 0) is 17.8 Å². The summed E-state index contributed by atoms with van der Waals surface area (Å²) in [5.41, 5.74) is 5.77. The van der Waals surface area contributed by atoms with Gasteiger partial charge in [-0.05, 0) is 67.3 Å². The molecule has 3 aromatic heterocycles. The van der Waals surface area contributed by atoms with Crippen molar-refractivity contribution in [2.75, 3.05) is 0 Å². The van der Waals surface area contributed by atoms with Crippen molar-refractivity contribution >= 4 is 39.7 Å². The van der Waals surface area contributed by atoms with E-state index in [1.54, 1.807) is 24.0 Å². The van der Waals surface area contributed by atoms with Crippen molar-refractivity contribution in [1.29, 1.82) is 0 Å². The Kier molecular flexibility index (Phi) is 9.75. The third-order valence-electron chi connectivity index (χ3n) is 9.16. The van der Waals surface area contributed by atoms with E-state index < -0.39 is 11.4 Å². The van der Waals surface area contributed by atoms with Gasteiger partial charge in [0.15, 0.2) is 0 Å². The first kappa shape index (κ1) is 34.1. The summed E-state index contributed by atoms with van der Waals surface area (Å²) in [6, 6.07) is 24.8. The van der Waals surface area contributed by atoms with Crippen molar-refractivity contribution in [3.63, 3.8) is 0 Å². The number of aromatic amines is 1. The van der Waals surface area contributed by atoms with E-state index in [0.717, 1.165) is 49.3 Å². The minimum atomic E-state index is -1.01. The summed E-state index contributed by atoms with van der Waals surface area (Å²) >= 11 is 1.74. The highest BCUT2D eigenvalue weighted by atomic mass is 32.2. The largest absolute Gasteiger partial charge is 0.487 e. The number of aromatic nitrogens is 4. The molecule has 0 aliphatic heterocycles. The maximum Gasteiger partial charge on any atom is 0.310 e. The Balaban J connectivity index is 1.39. The number of carboxylic acids is 1. The minimum Gasteiger partial charge on any atom is -0.487 e. The molecule has 0 saturated heterocycles. The molecule has 0 aliphatic carbocycles. The summed E-state index contributed by atoms with van der Waals surface area (Å²) in [6.07, 6.45) is 4.40. The molecule has 1 unspecified atom stereocenters. The Morgan fingerprint density at radius 3 is 2.33 bits per heavy atom. The van der Waals surface area contributed by atoms with Crippen LogP contribution in [0.25, 0.3) is 33.2 Å². The van der Waals surface area contributed by atoms with Gasteiger partial charge in [0.1, 0.15) is 18.2 Å². The molecular formula is C40H41FN4O3S. The van der Waals surface area contributed by atoms with Crippen molar-refractivity contribution in [3.05, 3.63) is 114 Å². The number of pyridine rings is 1. The number of rotatable bonds is 12. The second-order valence-corrected chi connectivity index (χ2v) is 15.2. The summed E-state index contributed by atoms with van der Waals surface area (Å²) in [6.45, 7) is 10.7. The number of hydrogen-bond donors (Lipinski definition) is 2. The Morgan fingerprint density at radius 1 is 0.939 bits per heavy atom. The van der Waals surface area contributed by atoms with E-state index in [1.165, 1.54) is 12.3 Å². The summed E-state index contributed by atoms with van der Waals surface area (Å²) < 4.78 is 19.6. The van der Waals surface area contributed by atoms with Gasteiger partial charge in [-0.25, -0.2) is 9.37 Å². The molecule has 9 heteroatoms. The predicted octanol–water partition coefficient (Wildman–Crippen LogP) is 10.00. The lowest BCUT2D eigenvalue weighted by atomic mass is 9.67. The first-order valence-corrected chi connectivity index (χ1v) is 17.4. The molecule has 252 valence electrons. The number of halogens is 1. The third-order valence-corrected chi connectivity index (χ3v) is 10.4. The van der Waals surface area contributed by atoms with Gasteiger partial charge in [-0.3, -0.25) is 14.8 Å². The molecule has 2 N–H and O–H groups in total. The fraction of sp³-hybridized carbons (Fsp3) is 0.300. The topological polar surface area (TPSA) is 101 Å². The molecule has 0 radical (unpaired) electrons. The monoisotopic (exact) mass is 676 g/mol. The number of nitrogens with zero attached hydrogens (tertiary/aromatic N) is 3. The van der Waals surface area contributed by atoms with E-state index in [4.69, 9.17) is 9.72 Å². The van der Waals surface area contributed by atoms with Crippen molar-refractivity contribution in [3.8, 4) is 17.0 Å². The van der Waals surface area contributed by atoms with Crippen LogP contribution in [0.3, 0.4) is 0 Å². The molecular weight excluding hydrogens is 636 g/mol. The summed E-state index contributed by atoms with van der Waals surface area (Å²) in [4.78, 5) is 31.4. The van der Waals surface area contributed by atoms with Crippen LogP contribution in [0.15, 0.2) is 96.2 Å². The van der Waals surface area contributed by atoms with Crippen molar-refractivity contribution < 1.29 is 19.0 Å². The zero-order valence-electron chi connectivity index (χ0n) is 28.5. The summed E-state index contributed by atoms with van der Waals surface area (Å²) in [5.74, 6) is -0.849. The van der Waals surface area contributed by atoms with Crippen LogP contribution >= 0.6 is 11.8 Å².